The van der Waals surface area contributed by atoms with Crippen LogP contribution in [0.4, 0.5) is 17.1 Å². The molecule has 2 aromatic rings. The summed E-state index contributed by atoms with van der Waals surface area (Å²) in [5.74, 6) is 0.673. The van der Waals surface area contributed by atoms with E-state index < -0.39 is 0 Å². The molecule has 0 saturated carbocycles. The fourth-order valence-electron chi connectivity index (χ4n) is 1.80. The first-order valence-corrected chi connectivity index (χ1v) is 6.36. The van der Waals surface area contributed by atoms with Gasteiger partial charge in [0.15, 0.2) is 0 Å². The molecule has 0 aliphatic heterocycles. The van der Waals surface area contributed by atoms with Crippen LogP contribution in [0.5, 0.6) is 5.75 Å². The summed E-state index contributed by atoms with van der Waals surface area (Å²) in [6.45, 7) is 2.05. The fraction of sp³-hybridized carbons (Fsp3) is 0.143. The smallest absolute Gasteiger partial charge is 0.143 e. The second-order valence-corrected chi connectivity index (χ2v) is 4.98. The Morgan fingerprint density at radius 2 is 2.00 bits per heavy atom. The number of nitrogens with two attached hydrogens (primary N) is 1. The van der Waals surface area contributed by atoms with E-state index in [1.54, 1.807) is 7.11 Å². The van der Waals surface area contributed by atoms with Crippen LogP contribution >= 0.6 is 15.9 Å². The second-order valence-electron chi connectivity index (χ2n) is 4.06. The molecular formula is C14H15BrN2O. The topological polar surface area (TPSA) is 47.3 Å². The Bertz CT molecular complexity index is 549. The molecular weight excluding hydrogens is 292 g/mol. The summed E-state index contributed by atoms with van der Waals surface area (Å²) in [5, 5.41) is 3.29. The fourth-order valence-corrected chi connectivity index (χ4v) is 2.40. The third kappa shape index (κ3) is 2.76. The van der Waals surface area contributed by atoms with Gasteiger partial charge in [-0.2, -0.15) is 0 Å². The van der Waals surface area contributed by atoms with E-state index in [0.29, 0.717) is 11.4 Å². The van der Waals surface area contributed by atoms with Gasteiger partial charge in [0.1, 0.15) is 5.75 Å². The van der Waals surface area contributed by atoms with Gasteiger partial charge in [-0.1, -0.05) is 22.0 Å². The lowest BCUT2D eigenvalue weighted by Crippen LogP contribution is -1.99. The minimum absolute atomic E-state index is 0.609. The van der Waals surface area contributed by atoms with Crippen molar-refractivity contribution in [3.05, 3.63) is 46.4 Å². The minimum atomic E-state index is 0.609. The van der Waals surface area contributed by atoms with Crippen molar-refractivity contribution in [2.24, 2.45) is 0 Å². The van der Waals surface area contributed by atoms with Crippen LogP contribution in [0, 0.1) is 6.92 Å². The van der Waals surface area contributed by atoms with E-state index in [9.17, 15) is 0 Å². The first kappa shape index (κ1) is 12.8. The standard InChI is InChI=1S/C14H15BrN2O/c1-9-6-10(15)8-11(7-9)17-12-4-3-5-13(18-2)14(12)16/h3-8,17H,16H2,1-2H3. The van der Waals surface area contributed by atoms with Crippen LogP contribution < -0.4 is 15.8 Å². The highest BCUT2D eigenvalue weighted by Crippen LogP contribution is 2.32. The predicted molar refractivity (Wildman–Crippen MR) is 79.6 cm³/mol. The lowest BCUT2D eigenvalue weighted by Gasteiger charge is -2.13. The average Bonchev–Trinajstić information content (AvgIpc) is 2.30. The molecule has 0 amide bonds. The lowest BCUT2D eigenvalue weighted by atomic mass is 10.2. The molecule has 3 nitrogen and oxygen atoms in total. The highest BCUT2D eigenvalue weighted by Gasteiger charge is 2.05. The van der Waals surface area contributed by atoms with E-state index in [0.717, 1.165) is 15.8 Å². The zero-order valence-corrected chi connectivity index (χ0v) is 11.9. The molecule has 0 heterocycles. The van der Waals surface area contributed by atoms with Crippen molar-refractivity contribution < 1.29 is 4.74 Å². The molecule has 0 radical (unpaired) electrons. The number of para-hydroxylation sites is 1. The van der Waals surface area contributed by atoms with Crippen molar-refractivity contribution in [3.63, 3.8) is 0 Å². The number of hydrogen-bond acceptors (Lipinski definition) is 3. The molecule has 2 rings (SSSR count). The Hall–Kier alpha value is -1.68. The zero-order valence-electron chi connectivity index (χ0n) is 10.3. The van der Waals surface area contributed by atoms with Gasteiger partial charge in [0.2, 0.25) is 0 Å². The van der Waals surface area contributed by atoms with Gasteiger partial charge in [-0.25, -0.2) is 0 Å². The molecule has 0 atom stereocenters. The Balaban J connectivity index is 2.34. The van der Waals surface area contributed by atoms with Crippen LogP contribution in [-0.2, 0) is 0 Å². The maximum absolute atomic E-state index is 6.02. The predicted octanol–water partition coefficient (Wildman–Crippen LogP) is 4.09. The summed E-state index contributed by atoms with van der Waals surface area (Å²) in [4.78, 5) is 0. The largest absolute Gasteiger partial charge is 0.495 e. The Morgan fingerprint density at radius 3 is 2.67 bits per heavy atom. The number of nitrogens with one attached hydrogen (secondary N) is 1. The second kappa shape index (κ2) is 5.31. The maximum atomic E-state index is 6.02. The lowest BCUT2D eigenvalue weighted by molar-refractivity contribution is 0.417. The average molecular weight is 307 g/mol. The number of halogens is 1. The Kier molecular flexibility index (Phi) is 3.77. The monoisotopic (exact) mass is 306 g/mol. The summed E-state index contributed by atoms with van der Waals surface area (Å²) >= 11 is 3.48. The molecule has 18 heavy (non-hydrogen) atoms. The molecule has 0 fully saturated rings. The number of ether oxygens (including phenoxy) is 1. The highest BCUT2D eigenvalue weighted by molar-refractivity contribution is 9.10. The van der Waals surface area contributed by atoms with Gasteiger partial charge in [-0.05, 0) is 42.8 Å². The van der Waals surface area contributed by atoms with E-state index in [2.05, 4.69) is 33.4 Å². The molecule has 0 bridgehead atoms. The molecule has 0 unspecified atom stereocenters. The van der Waals surface area contributed by atoms with Crippen LogP contribution in [0.3, 0.4) is 0 Å². The molecule has 94 valence electrons. The van der Waals surface area contributed by atoms with Crippen LogP contribution in [0.15, 0.2) is 40.9 Å². The van der Waals surface area contributed by atoms with Crippen molar-refractivity contribution in [2.45, 2.75) is 6.92 Å². The summed E-state index contributed by atoms with van der Waals surface area (Å²) in [6.07, 6.45) is 0. The molecule has 0 aliphatic carbocycles. The van der Waals surface area contributed by atoms with Crippen molar-refractivity contribution in [3.8, 4) is 5.75 Å². The number of rotatable bonds is 3. The van der Waals surface area contributed by atoms with E-state index in [-0.39, 0.29) is 0 Å². The quantitative estimate of drug-likeness (QED) is 0.840. The summed E-state index contributed by atoms with van der Waals surface area (Å²) in [5.41, 5.74) is 9.63. The van der Waals surface area contributed by atoms with Crippen LogP contribution in [-0.4, -0.2) is 7.11 Å². The number of methoxy groups -OCH3 is 1. The number of benzene rings is 2. The van der Waals surface area contributed by atoms with Crippen molar-refractivity contribution in [2.75, 3.05) is 18.2 Å². The third-order valence-electron chi connectivity index (χ3n) is 2.61. The summed E-state index contributed by atoms with van der Waals surface area (Å²) in [6, 6.07) is 11.8. The first-order valence-electron chi connectivity index (χ1n) is 5.57. The molecule has 0 spiro atoms. The first-order chi connectivity index (χ1) is 8.60. The van der Waals surface area contributed by atoms with Crippen LogP contribution in [0.1, 0.15) is 5.56 Å². The van der Waals surface area contributed by atoms with Crippen molar-refractivity contribution in [1.82, 2.24) is 0 Å². The molecule has 0 aliphatic rings. The highest BCUT2D eigenvalue weighted by atomic mass is 79.9. The molecule has 0 aromatic heterocycles. The van der Waals surface area contributed by atoms with Gasteiger partial charge >= 0.3 is 0 Å². The Morgan fingerprint density at radius 1 is 1.22 bits per heavy atom. The van der Waals surface area contributed by atoms with Gasteiger partial charge in [0.05, 0.1) is 18.5 Å². The minimum Gasteiger partial charge on any atom is -0.495 e. The molecule has 3 N–H and O–H groups in total. The SMILES string of the molecule is COc1cccc(Nc2cc(C)cc(Br)c2)c1N. The van der Waals surface area contributed by atoms with E-state index >= 15 is 0 Å². The van der Waals surface area contributed by atoms with Crippen LogP contribution in [0.2, 0.25) is 0 Å². The van der Waals surface area contributed by atoms with Crippen molar-refractivity contribution >= 4 is 33.0 Å². The van der Waals surface area contributed by atoms with E-state index in [4.69, 9.17) is 10.5 Å². The van der Waals surface area contributed by atoms with Gasteiger partial charge in [0.25, 0.3) is 0 Å². The number of hydrogen-bond donors (Lipinski definition) is 2. The van der Waals surface area contributed by atoms with Gasteiger partial charge in [-0.3, -0.25) is 0 Å². The van der Waals surface area contributed by atoms with Crippen molar-refractivity contribution in [1.29, 1.82) is 0 Å². The molecule has 0 saturated heterocycles. The molecule has 4 heteroatoms. The maximum Gasteiger partial charge on any atom is 0.143 e. The van der Waals surface area contributed by atoms with Crippen LogP contribution in [0.25, 0.3) is 0 Å². The number of aryl methyl sites for hydroxylation is 1. The van der Waals surface area contributed by atoms with Gasteiger partial charge in [-0.15, -0.1) is 0 Å². The Labute approximate surface area is 115 Å². The number of anilines is 3. The normalized spacial score (nSPS) is 10.2. The summed E-state index contributed by atoms with van der Waals surface area (Å²) in [7, 11) is 1.61. The third-order valence-corrected chi connectivity index (χ3v) is 3.07. The van der Waals surface area contributed by atoms with E-state index in [1.165, 1.54) is 5.56 Å². The zero-order chi connectivity index (χ0) is 13.1. The van der Waals surface area contributed by atoms with E-state index in [1.807, 2.05) is 31.2 Å². The van der Waals surface area contributed by atoms with Gasteiger partial charge in [0, 0.05) is 10.2 Å². The van der Waals surface area contributed by atoms with Gasteiger partial charge < -0.3 is 15.8 Å². The summed E-state index contributed by atoms with van der Waals surface area (Å²) < 4.78 is 6.23. The molecule has 2 aromatic carbocycles. The number of nitrogen functional groups attached to an aromatic ring is 1.